The quantitative estimate of drug-likeness (QED) is 0.497. The van der Waals surface area contributed by atoms with Crippen LogP contribution in [0.5, 0.6) is 0 Å². The van der Waals surface area contributed by atoms with Crippen LogP contribution in [-0.2, 0) is 16.0 Å². The monoisotopic (exact) mass is 334 g/mol. The summed E-state index contributed by atoms with van der Waals surface area (Å²) in [5.74, 6) is -1.23. The predicted molar refractivity (Wildman–Crippen MR) is 85.7 cm³/mol. The van der Waals surface area contributed by atoms with Crippen molar-refractivity contribution in [3.8, 4) is 0 Å². The maximum atomic E-state index is 11.8. The molecule has 1 aromatic heterocycles. The molecule has 120 valence electrons. The van der Waals surface area contributed by atoms with E-state index < -0.39 is 23.4 Å². The van der Waals surface area contributed by atoms with Gasteiger partial charge in [0, 0.05) is 11.8 Å². The SMILES string of the molecule is CCc1ccccc1NC(=O)COC(=O)c1ccc([N+](=O)[O-])s1. The zero-order chi connectivity index (χ0) is 16.8. The van der Waals surface area contributed by atoms with E-state index in [9.17, 15) is 19.7 Å². The number of aryl methyl sites for hydroxylation is 1. The molecule has 0 radical (unpaired) electrons. The van der Waals surface area contributed by atoms with E-state index >= 15 is 0 Å². The Balaban J connectivity index is 1.90. The first-order chi connectivity index (χ1) is 11.0. The fraction of sp³-hybridized carbons (Fsp3) is 0.200. The second kappa shape index (κ2) is 7.50. The highest BCUT2D eigenvalue weighted by atomic mass is 32.1. The molecule has 2 rings (SSSR count). The number of nitrogens with zero attached hydrogens (tertiary/aromatic N) is 1. The molecule has 1 aromatic carbocycles. The van der Waals surface area contributed by atoms with Crippen LogP contribution in [0.1, 0.15) is 22.2 Å². The maximum Gasteiger partial charge on any atom is 0.349 e. The number of anilines is 1. The Bertz CT molecular complexity index is 741. The molecule has 0 unspecified atom stereocenters. The van der Waals surface area contributed by atoms with Crippen LogP contribution >= 0.6 is 11.3 Å². The highest BCUT2D eigenvalue weighted by Crippen LogP contribution is 2.24. The summed E-state index contributed by atoms with van der Waals surface area (Å²) in [5.41, 5.74) is 1.64. The highest BCUT2D eigenvalue weighted by molar-refractivity contribution is 7.17. The zero-order valence-corrected chi connectivity index (χ0v) is 13.1. The summed E-state index contributed by atoms with van der Waals surface area (Å²) in [6, 6.07) is 9.85. The maximum absolute atomic E-state index is 11.8. The van der Waals surface area contributed by atoms with Gasteiger partial charge in [0.05, 0.1) is 4.92 Å². The minimum absolute atomic E-state index is 0.0819. The lowest BCUT2D eigenvalue weighted by molar-refractivity contribution is -0.380. The van der Waals surface area contributed by atoms with Gasteiger partial charge in [-0.25, -0.2) is 4.79 Å². The predicted octanol–water partition coefficient (Wildman–Crippen LogP) is 3.01. The Morgan fingerprint density at radius 3 is 2.65 bits per heavy atom. The van der Waals surface area contributed by atoms with Gasteiger partial charge in [0.2, 0.25) is 0 Å². The van der Waals surface area contributed by atoms with Gasteiger partial charge in [0.25, 0.3) is 5.91 Å². The smallest absolute Gasteiger partial charge is 0.349 e. The normalized spacial score (nSPS) is 10.1. The number of esters is 1. The van der Waals surface area contributed by atoms with Crippen molar-refractivity contribution >= 4 is 33.9 Å². The molecule has 1 heterocycles. The minimum Gasteiger partial charge on any atom is -0.451 e. The van der Waals surface area contributed by atoms with Crippen LogP contribution in [0.15, 0.2) is 36.4 Å². The molecular weight excluding hydrogens is 320 g/mol. The number of thiophene rings is 1. The lowest BCUT2D eigenvalue weighted by Crippen LogP contribution is -2.21. The standard InChI is InChI=1S/C15H14N2O5S/c1-2-10-5-3-4-6-11(10)16-13(18)9-22-15(19)12-7-8-14(23-12)17(20)21/h3-8H,2,9H2,1H3,(H,16,18). The number of ether oxygens (including phenoxy) is 1. The molecule has 0 aliphatic rings. The summed E-state index contributed by atoms with van der Waals surface area (Å²) in [4.78, 5) is 33.6. The second-order valence-corrected chi connectivity index (χ2v) is 5.59. The van der Waals surface area contributed by atoms with Crippen LogP contribution in [0.25, 0.3) is 0 Å². The van der Waals surface area contributed by atoms with Crippen LogP contribution in [-0.4, -0.2) is 23.4 Å². The molecular formula is C15H14N2O5S. The average Bonchev–Trinajstić information content (AvgIpc) is 3.03. The van der Waals surface area contributed by atoms with Crippen LogP contribution in [0.2, 0.25) is 0 Å². The van der Waals surface area contributed by atoms with Crippen LogP contribution in [0.4, 0.5) is 10.7 Å². The molecule has 2 aromatic rings. The molecule has 0 spiro atoms. The third-order valence-electron chi connectivity index (χ3n) is 2.98. The van der Waals surface area contributed by atoms with Gasteiger partial charge < -0.3 is 10.1 Å². The second-order valence-electron chi connectivity index (χ2n) is 4.53. The number of nitrogens with one attached hydrogen (secondary N) is 1. The molecule has 1 amide bonds. The van der Waals surface area contributed by atoms with Gasteiger partial charge in [-0.1, -0.05) is 36.5 Å². The van der Waals surface area contributed by atoms with Crippen LogP contribution in [0.3, 0.4) is 0 Å². The van der Waals surface area contributed by atoms with E-state index in [1.807, 2.05) is 19.1 Å². The number of hydrogen-bond donors (Lipinski definition) is 1. The molecule has 7 nitrogen and oxygen atoms in total. The summed E-state index contributed by atoms with van der Waals surface area (Å²) in [5, 5.41) is 13.1. The van der Waals surface area contributed by atoms with Crippen LogP contribution < -0.4 is 5.32 Å². The zero-order valence-electron chi connectivity index (χ0n) is 12.3. The summed E-state index contributed by atoms with van der Waals surface area (Å²) >= 11 is 0.705. The van der Waals surface area contributed by atoms with Gasteiger partial charge in [-0.05, 0) is 24.1 Å². The number of hydrogen-bond acceptors (Lipinski definition) is 6. The van der Waals surface area contributed by atoms with Crippen molar-refractivity contribution in [1.29, 1.82) is 0 Å². The van der Waals surface area contributed by atoms with Gasteiger partial charge in [-0.15, -0.1) is 0 Å². The number of para-hydroxylation sites is 1. The first kappa shape index (κ1) is 16.6. The lowest BCUT2D eigenvalue weighted by Gasteiger charge is -2.09. The Labute approximate surface area is 136 Å². The van der Waals surface area contributed by atoms with Crippen LogP contribution in [0, 0.1) is 10.1 Å². The van der Waals surface area contributed by atoms with Crippen molar-refractivity contribution in [2.24, 2.45) is 0 Å². The Morgan fingerprint density at radius 2 is 2.00 bits per heavy atom. The van der Waals surface area contributed by atoms with Crippen molar-refractivity contribution < 1.29 is 19.2 Å². The van der Waals surface area contributed by atoms with Crippen molar-refractivity contribution in [2.75, 3.05) is 11.9 Å². The van der Waals surface area contributed by atoms with E-state index in [4.69, 9.17) is 4.74 Å². The number of benzene rings is 1. The van der Waals surface area contributed by atoms with Gasteiger partial charge >= 0.3 is 11.0 Å². The van der Waals surface area contributed by atoms with E-state index in [1.54, 1.807) is 12.1 Å². The summed E-state index contributed by atoms with van der Waals surface area (Å²) in [6.45, 7) is 1.51. The van der Waals surface area contributed by atoms with Crippen molar-refractivity contribution in [2.45, 2.75) is 13.3 Å². The van der Waals surface area contributed by atoms with E-state index in [0.29, 0.717) is 17.0 Å². The molecule has 0 aliphatic heterocycles. The van der Waals surface area contributed by atoms with E-state index in [2.05, 4.69) is 5.32 Å². The van der Waals surface area contributed by atoms with Crippen molar-refractivity contribution in [3.63, 3.8) is 0 Å². The van der Waals surface area contributed by atoms with E-state index in [0.717, 1.165) is 12.0 Å². The first-order valence-corrected chi connectivity index (χ1v) is 7.62. The molecule has 0 atom stereocenters. The Morgan fingerprint density at radius 1 is 1.26 bits per heavy atom. The Kier molecular flexibility index (Phi) is 5.42. The molecule has 0 bridgehead atoms. The molecule has 23 heavy (non-hydrogen) atoms. The highest BCUT2D eigenvalue weighted by Gasteiger charge is 2.17. The summed E-state index contributed by atoms with van der Waals surface area (Å²) in [6.07, 6.45) is 0.759. The topological polar surface area (TPSA) is 98.5 Å². The molecule has 8 heteroatoms. The lowest BCUT2D eigenvalue weighted by atomic mass is 10.1. The number of amides is 1. The number of nitro groups is 1. The number of carbonyl (C=O) groups is 2. The van der Waals surface area contributed by atoms with Crippen molar-refractivity contribution in [3.05, 3.63) is 57.0 Å². The first-order valence-electron chi connectivity index (χ1n) is 6.80. The van der Waals surface area contributed by atoms with Gasteiger partial charge in [0.15, 0.2) is 6.61 Å². The summed E-state index contributed by atoms with van der Waals surface area (Å²) < 4.78 is 4.87. The Hall–Kier alpha value is -2.74. The van der Waals surface area contributed by atoms with Gasteiger partial charge in [0.1, 0.15) is 4.88 Å². The molecule has 0 aliphatic carbocycles. The van der Waals surface area contributed by atoms with E-state index in [-0.39, 0.29) is 9.88 Å². The average molecular weight is 334 g/mol. The minimum atomic E-state index is -0.762. The third kappa shape index (κ3) is 4.36. The molecule has 0 fully saturated rings. The van der Waals surface area contributed by atoms with Gasteiger partial charge in [-0.3, -0.25) is 14.9 Å². The molecule has 0 saturated carbocycles. The van der Waals surface area contributed by atoms with E-state index in [1.165, 1.54) is 12.1 Å². The fourth-order valence-corrected chi connectivity index (χ4v) is 2.59. The molecule has 1 N–H and O–H groups in total. The largest absolute Gasteiger partial charge is 0.451 e. The number of carbonyl (C=O) groups excluding carboxylic acids is 2. The van der Waals surface area contributed by atoms with Crippen molar-refractivity contribution in [1.82, 2.24) is 0 Å². The summed E-state index contributed by atoms with van der Waals surface area (Å²) in [7, 11) is 0. The van der Waals surface area contributed by atoms with Gasteiger partial charge in [-0.2, -0.15) is 0 Å². The number of rotatable bonds is 6. The third-order valence-corrected chi connectivity index (χ3v) is 4.00. The fourth-order valence-electron chi connectivity index (χ4n) is 1.87. The molecule has 0 saturated heterocycles.